The number of ketones is 1. The monoisotopic (exact) mass is 598 g/mol. The number of Topliss-reactive ketones (excluding diaryl/α,β-unsaturated/α-hetero) is 1. The van der Waals surface area contributed by atoms with Gasteiger partial charge in [-0.05, 0) is 62.7 Å². The quantitative estimate of drug-likeness (QED) is 0.307. The Labute approximate surface area is 239 Å². The molecule has 3 atom stereocenters. The highest BCUT2D eigenvalue weighted by Crippen LogP contribution is 2.67. The van der Waals surface area contributed by atoms with Gasteiger partial charge in [0.25, 0.3) is 5.91 Å². The molecule has 5 rings (SSSR count). The van der Waals surface area contributed by atoms with Crippen LogP contribution in [0.25, 0.3) is 0 Å². The molecule has 3 fully saturated rings. The molecule has 0 radical (unpaired) electrons. The molecule has 3 aliphatic carbocycles. The van der Waals surface area contributed by atoms with Crippen molar-refractivity contribution >= 4 is 29.3 Å². The van der Waals surface area contributed by atoms with Crippen molar-refractivity contribution in [2.75, 3.05) is 6.54 Å². The van der Waals surface area contributed by atoms with E-state index in [0.717, 1.165) is 28.2 Å². The van der Waals surface area contributed by atoms with Gasteiger partial charge in [-0.25, -0.2) is 4.39 Å². The molecule has 0 unspecified atom stereocenters. The predicted molar refractivity (Wildman–Crippen MR) is 139 cm³/mol. The Hall–Kier alpha value is -3.02. The normalized spacial score (nSPS) is 28.7. The minimum atomic E-state index is -4.95. The minimum absolute atomic E-state index is 0.0448. The number of amides is 1. The molecule has 2 aromatic heterocycles. The number of carbonyl (C=O) groups excluding carboxylic acids is 2. The Kier molecular flexibility index (Phi) is 7.23. The highest BCUT2D eigenvalue weighted by Gasteiger charge is 2.63. The average molecular weight is 599 g/mol. The Balaban J connectivity index is 1.48. The molecule has 2 heterocycles. The number of nitrogens with zero attached hydrogens (tertiary/aromatic N) is 4. The van der Waals surface area contributed by atoms with Crippen molar-refractivity contribution in [2.45, 2.75) is 77.6 Å². The molecule has 8 nitrogen and oxygen atoms in total. The number of fused-ring (bicyclic) bond motifs is 1. The molecule has 0 aliphatic heterocycles. The predicted octanol–water partition coefficient (Wildman–Crippen LogP) is 6.06. The number of hydrogen-bond donors (Lipinski definition) is 1. The van der Waals surface area contributed by atoms with Crippen LogP contribution in [0.3, 0.4) is 0 Å². The van der Waals surface area contributed by atoms with Crippen LogP contribution in [0.5, 0.6) is 0 Å². The largest absolute Gasteiger partial charge is 0.481 e. The van der Waals surface area contributed by atoms with E-state index in [1.807, 2.05) is 0 Å². The summed E-state index contributed by atoms with van der Waals surface area (Å²) in [6.45, 7) is 5.09. The number of carboxylic acid groups (broad SMARTS) is 1. The second kappa shape index (κ2) is 10.1. The Morgan fingerprint density at radius 2 is 1.71 bits per heavy atom. The Morgan fingerprint density at radius 3 is 2.24 bits per heavy atom. The van der Waals surface area contributed by atoms with Gasteiger partial charge in [-0.15, -0.1) is 0 Å². The van der Waals surface area contributed by atoms with E-state index in [9.17, 15) is 37.1 Å². The number of aromatic nitrogens is 3. The van der Waals surface area contributed by atoms with Crippen LogP contribution in [0.15, 0.2) is 18.6 Å². The van der Waals surface area contributed by atoms with Gasteiger partial charge in [-0.3, -0.25) is 24.0 Å². The summed E-state index contributed by atoms with van der Waals surface area (Å²) < 4.78 is 58.8. The fourth-order valence-corrected chi connectivity index (χ4v) is 7.19. The van der Waals surface area contributed by atoms with Gasteiger partial charge in [-0.2, -0.15) is 18.3 Å². The van der Waals surface area contributed by atoms with Gasteiger partial charge in [0, 0.05) is 12.2 Å². The number of rotatable bonds is 7. The molecule has 3 aliphatic rings. The van der Waals surface area contributed by atoms with Crippen LogP contribution < -0.4 is 0 Å². The summed E-state index contributed by atoms with van der Waals surface area (Å²) in [5, 5.41) is 13.2. The minimum Gasteiger partial charge on any atom is -0.481 e. The lowest BCUT2D eigenvalue weighted by Crippen LogP contribution is -2.44. The maximum absolute atomic E-state index is 14.5. The standard InChI is InChI=1S/C28H31ClF4N4O4/c1-26(2)17-8-15(9-18(17)26)36(13-21(38)22-19(29)11-34-12-20(22)30)24(39)16-10-35-37(23(16)28(31,32)33)14-4-6-27(3,7-5-14)25(40)41/h10-12,14-15,17-18H,4-9,13H2,1-3H3,(H,40,41)/t14?,15-,17+,18-,27?. The summed E-state index contributed by atoms with van der Waals surface area (Å²) >= 11 is 6.02. The van der Waals surface area contributed by atoms with Crippen LogP contribution in [0.1, 0.15) is 91.7 Å². The van der Waals surface area contributed by atoms with Crippen LogP contribution >= 0.6 is 11.6 Å². The lowest BCUT2D eigenvalue weighted by atomic mass is 9.74. The van der Waals surface area contributed by atoms with Crippen molar-refractivity contribution in [3.8, 4) is 0 Å². The molecule has 1 N–H and O–H groups in total. The Morgan fingerprint density at radius 1 is 1.10 bits per heavy atom. The highest BCUT2D eigenvalue weighted by molar-refractivity contribution is 6.34. The lowest BCUT2D eigenvalue weighted by molar-refractivity contribution is -0.152. The molecule has 1 amide bonds. The first-order valence-electron chi connectivity index (χ1n) is 13.6. The number of alkyl halides is 3. The van der Waals surface area contributed by atoms with Crippen molar-refractivity contribution in [1.82, 2.24) is 19.7 Å². The van der Waals surface area contributed by atoms with Gasteiger partial charge in [-0.1, -0.05) is 25.4 Å². The van der Waals surface area contributed by atoms with E-state index in [4.69, 9.17) is 11.6 Å². The molecule has 222 valence electrons. The Bertz CT molecular complexity index is 1370. The molecule has 0 aromatic carbocycles. The molecule has 13 heteroatoms. The summed E-state index contributed by atoms with van der Waals surface area (Å²) in [4.78, 5) is 43.5. The second-order valence-corrected chi connectivity index (χ2v) is 12.8. The second-order valence-electron chi connectivity index (χ2n) is 12.4. The number of carbonyl (C=O) groups is 3. The van der Waals surface area contributed by atoms with Crippen molar-refractivity contribution < 1.29 is 37.1 Å². The summed E-state index contributed by atoms with van der Waals surface area (Å²) in [6.07, 6.45) is -0.566. The number of hydrogen-bond acceptors (Lipinski definition) is 5. The first kappa shape index (κ1) is 29.5. The zero-order valence-corrected chi connectivity index (χ0v) is 23.6. The van der Waals surface area contributed by atoms with Gasteiger partial charge in [0.05, 0.1) is 46.5 Å². The van der Waals surface area contributed by atoms with Crippen molar-refractivity contribution in [1.29, 1.82) is 0 Å². The molecule has 0 spiro atoms. The maximum Gasteiger partial charge on any atom is 0.433 e. The van der Waals surface area contributed by atoms with Gasteiger partial charge in [0.15, 0.2) is 17.3 Å². The van der Waals surface area contributed by atoms with E-state index in [1.54, 1.807) is 6.92 Å². The average Bonchev–Trinajstić information content (AvgIpc) is 3.30. The third-order valence-electron chi connectivity index (χ3n) is 9.70. The smallest absolute Gasteiger partial charge is 0.433 e. The van der Waals surface area contributed by atoms with Gasteiger partial charge < -0.3 is 10.0 Å². The molecule has 0 saturated heterocycles. The van der Waals surface area contributed by atoms with Gasteiger partial charge >= 0.3 is 12.1 Å². The highest BCUT2D eigenvalue weighted by atomic mass is 35.5. The van der Waals surface area contributed by atoms with Crippen molar-refractivity contribution in [2.24, 2.45) is 22.7 Å². The number of pyridine rings is 1. The van der Waals surface area contributed by atoms with E-state index in [0.29, 0.717) is 12.8 Å². The molecule has 41 heavy (non-hydrogen) atoms. The van der Waals surface area contributed by atoms with Crippen LogP contribution in [0.4, 0.5) is 17.6 Å². The molecular formula is C28H31ClF4N4O4. The lowest BCUT2D eigenvalue weighted by Gasteiger charge is -2.35. The SMILES string of the molecule is CC1(C(=O)O)CCC(n2ncc(C(=O)N(CC(=O)c3c(F)cncc3Cl)[C@H]3C[C@@H]4[C@H](C3)C4(C)C)c2C(F)(F)F)CC1. The van der Waals surface area contributed by atoms with Crippen LogP contribution in [-0.2, 0) is 11.0 Å². The van der Waals surface area contributed by atoms with Crippen molar-refractivity contribution in [3.63, 3.8) is 0 Å². The zero-order chi connectivity index (χ0) is 30.1. The van der Waals surface area contributed by atoms with Gasteiger partial charge in [0.2, 0.25) is 0 Å². The molecule has 3 saturated carbocycles. The summed E-state index contributed by atoms with van der Waals surface area (Å²) in [6, 6.07) is -1.27. The third-order valence-corrected chi connectivity index (χ3v) is 9.99. The fourth-order valence-electron chi connectivity index (χ4n) is 6.94. The van der Waals surface area contributed by atoms with Crippen molar-refractivity contribution in [3.05, 3.63) is 46.3 Å². The van der Waals surface area contributed by atoms with E-state index < -0.39 is 70.5 Å². The summed E-state index contributed by atoms with van der Waals surface area (Å²) in [5.41, 5.74) is -3.40. The molecular weight excluding hydrogens is 568 g/mol. The topological polar surface area (TPSA) is 105 Å². The first-order valence-corrected chi connectivity index (χ1v) is 14.0. The van der Waals surface area contributed by atoms with E-state index in [-0.39, 0.29) is 48.0 Å². The number of aliphatic carboxylic acids is 1. The number of halogens is 5. The fraction of sp³-hybridized carbons (Fsp3) is 0.607. The molecule has 0 bridgehead atoms. The van der Waals surface area contributed by atoms with E-state index in [2.05, 4.69) is 23.9 Å². The van der Waals surface area contributed by atoms with E-state index >= 15 is 0 Å². The van der Waals surface area contributed by atoms with Gasteiger partial charge in [0.1, 0.15) is 0 Å². The third kappa shape index (κ3) is 5.12. The number of carboxylic acids is 1. The van der Waals surface area contributed by atoms with Crippen LogP contribution in [0, 0.1) is 28.5 Å². The van der Waals surface area contributed by atoms with Crippen LogP contribution in [0.2, 0.25) is 5.02 Å². The summed E-state index contributed by atoms with van der Waals surface area (Å²) in [7, 11) is 0. The van der Waals surface area contributed by atoms with Crippen LogP contribution in [-0.4, -0.2) is 55.0 Å². The maximum atomic E-state index is 14.5. The van der Waals surface area contributed by atoms with E-state index in [1.165, 1.54) is 0 Å². The first-order chi connectivity index (χ1) is 19.1. The zero-order valence-electron chi connectivity index (χ0n) is 22.8. The summed E-state index contributed by atoms with van der Waals surface area (Å²) in [5.74, 6) is -3.33. The molecule has 2 aromatic rings.